The Hall–Kier alpha value is -2.48. The Balaban J connectivity index is 1.56. The maximum absolute atomic E-state index is 13.7. The highest BCUT2D eigenvalue weighted by atomic mass is 32.2. The van der Waals surface area contributed by atoms with E-state index in [0.29, 0.717) is 28.6 Å². The molecule has 1 heterocycles. The van der Waals surface area contributed by atoms with Crippen LogP contribution in [0.3, 0.4) is 0 Å². The molecule has 0 amide bonds. The Bertz CT molecular complexity index is 1110. The number of halogens is 4. The molecule has 37 heavy (non-hydrogen) atoms. The number of ether oxygens (including phenoxy) is 1. The second kappa shape index (κ2) is 11.9. The molecule has 0 spiro atoms. The lowest BCUT2D eigenvalue weighted by molar-refractivity contribution is -0.0615. The van der Waals surface area contributed by atoms with Crippen LogP contribution in [0.2, 0.25) is 0 Å². The highest BCUT2D eigenvalue weighted by molar-refractivity contribution is 7.99. The molecule has 1 aromatic heterocycles. The number of aliphatic hydroxyl groups excluding tert-OH is 1. The minimum Gasteiger partial charge on any atom is -0.390 e. The molecule has 1 unspecified atom stereocenters. The third kappa shape index (κ3) is 6.51. The third-order valence-electron chi connectivity index (χ3n) is 6.44. The van der Waals surface area contributed by atoms with E-state index in [-0.39, 0.29) is 30.6 Å². The van der Waals surface area contributed by atoms with Crippen molar-refractivity contribution in [2.75, 3.05) is 22.7 Å². The number of hydrogen-bond donors (Lipinski definition) is 3. The van der Waals surface area contributed by atoms with E-state index in [9.17, 15) is 22.7 Å². The first-order chi connectivity index (χ1) is 17.7. The van der Waals surface area contributed by atoms with Crippen LogP contribution < -0.4 is 16.2 Å². The van der Waals surface area contributed by atoms with Gasteiger partial charge in [0.25, 0.3) is 6.43 Å². The largest absolute Gasteiger partial charge is 0.390 e. The normalized spacial score (nSPS) is 24.9. The van der Waals surface area contributed by atoms with Crippen LogP contribution in [0.1, 0.15) is 44.1 Å². The number of aromatic nitrogens is 2. The van der Waals surface area contributed by atoms with Crippen LogP contribution in [-0.2, 0) is 4.74 Å². The van der Waals surface area contributed by atoms with Crippen LogP contribution in [0, 0.1) is 11.6 Å². The molecular formula is C24H30F4N6O2S. The summed E-state index contributed by atoms with van der Waals surface area (Å²) < 4.78 is 57.4. The number of aliphatic hydroxyl groups is 1. The summed E-state index contributed by atoms with van der Waals surface area (Å²) in [6.45, 7) is 4.91. The molecule has 0 bridgehead atoms. The Morgan fingerprint density at radius 1 is 1.27 bits per heavy atom. The summed E-state index contributed by atoms with van der Waals surface area (Å²) in [4.78, 5) is 13.3. The van der Waals surface area contributed by atoms with Gasteiger partial charge in [-0.15, -0.1) is 0 Å². The Morgan fingerprint density at radius 2 is 2.05 bits per heavy atom. The number of benzene rings is 1. The number of alkyl halides is 2. The summed E-state index contributed by atoms with van der Waals surface area (Å²) in [5.41, 5.74) is 0.973. The van der Waals surface area contributed by atoms with Gasteiger partial charge in [0.2, 0.25) is 0 Å². The smallest absolute Gasteiger partial charge is 0.261 e. The molecule has 8 nitrogen and oxygen atoms in total. The second-order valence-electron chi connectivity index (χ2n) is 9.16. The number of nitrogens with zero attached hydrogens (tertiary/aromatic N) is 4. The zero-order chi connectivity index (χ0) is 26.7. The molecule has 2 fully saturated rings. The quantitative estimate of drug-likeness (QED) is 0.0904. The lowest BCUT2D eigenvalue weighted by Crippen LogP contribution is -2.41. The molecule has 2 aromatic rings. The fourth-order valence-electron chi connectivity index (χ4n) is 4.48. The first-order valence-electron chi connectivity index (χ1n) is 12.1. The number of hydrazine groups is 1. The molecular weight excluding hydrogens is 512 g/mol. The highest BCUT2D eigenvalue weighted by Crippen LogP contribution is 2.46. The Morgan fingerprint density at radius 3 is 2.73 bits per heavy atom. The van der Waals surface area contributed by atoms with E-state index in [1.165, 1.54) is 22.8 Å². The van der Waals surface area contributed by atoms with Crippen molar-refractivity contribution in [3.05, 3.63) is 35.4 Å². The lowest BCUT2D eigenvalue weighted by atomic mass is 10.1. The summed E-state index contributed by atoms with van der Waals surface area (Å²) in [6, 6.07) is 3.33. The van der Waals surface area contributed by atoms with Gasteiger partial charge in [-0.2, -0.15) is 0 Å². The molecule has 13 heteroatoms. The van der Waals surface area contributed by atoms with Gasteiger partial charge in [-0.25, -0.2) is 33.4 Å². The van der Waals surface area contributed by atoms with Crippen LogP contribution >= 0.6 is 11.8 Å². The van der Waals surface area contributed by atoms with E-state index in [1.54, 1.807) is 6.07 Å². The average molecular weight is 543 g/mol. The van der Waals surface area contributed by atoms with Gasteiger partial charge in [0.15, 0.2) is 28.4 Å². The number of rotatable bonds is 12. The summed E-state index contributed by atoms with van der Waals surface area (Å²) in [7, 11) is 0. The molecule has 1 aromatic carbocycles. The summed E-state index contributed by atoms with van der Waals surface area (Å²) >= 11 is 1.43. The second-order valence-corrected chi connectivity index (χ2v) is 10.2. The minimum absolute atomic E-state index is 0.0374. The first kappa shape index (κ1) is 27.6. The number of hydrogen-bond acceptors (Lipinski definition) is 9. The molecule has 0 saturated heterocycles. The number of aliphatic imine (C=N–C) groups is 1. The van der Waals surface area contributed by atoms with Crippen molar-refractivity contribution in [3.63, 3.8) is 0 Å². The zero-order valence-electron chi connectivity index (χ0n) is 20.3. The van der Waals surface area contributed by atoms with Crippen LogP contribution in [0.4, 0.5) is 34.9 Å². The molecule has 202 valence electrons. The molecule has 5 atom stereocenters. The fourth-order valence-corrected chi connectivity index (χ4v) is 5.17. The topological polar surface area (TPSA) is 109 Å². The van der Waals surface area contributed by atoms with Crippen molar-refractivity contribution in [1.29, 1.82) is 0 Å². The van der Waals surface area contributed by atoms with E-state index in [4.69, 9.17) is 10.6 Å². The van der Waals surface area contributed by atoms with Crippen molar-refractivity contribution in [2.45, 2.75) is 74.4 Å². The van der Waals surface area contributed by atoms with Gasteiger partial charge < -0.3 is 15.2 Å². The standard InChI is InChI=1S/C24H30F4N6O2S/c1-3-6-37-24-32-22(31-17-10-14(17)12-4-5-15(25)16(26)7-12)21(30-2)23(33-24)34(29)13-8-18(35)19(9-13)36-11-20(27)28/h4-5,7,13-14,17-20,35H,2-3,6,8-11,29H2,1H3,(H,31,32,33)/t13-,14-,17+,18?,19-/m0/s1. The van der Waals surface area contributed by atoms with Crippen molar-refractivity contribution in [1.82, 2.24) is 9.97 Å². The lowest BCUT2D eigenvalue weighted by Gasteiger charge is -2.27. The number of anilines is 2. The number of nitrogens with one attached hydrogen (secondary N) is 1. The minimum atomic E-state index is -2.64. The summed E-state index contributed by atoms with van der Waals surface area (Å²) in [6.07, 6.45) is -2.36. The zero-order valence-corrected chi connectivity index (χ0v) is 21.1. The van der Waals surface area contributed by atoms with Crippen molar-refractivity contribution in [2.24, 2.45) is 10.8 Å². The van der Waals surface area contributed by atoms with Crippen LogP contribution in [0.5, 0.6) is 0 Å². The molecule has 0 radical (unpaired) electrons. The van der Waals surface area contributed by atoms with Gasteiger partial charge >= 0.3 is 0 Å². The SMILES string of the molecule is C=Nc1c(N[C@@H]2C[C@H]2c2ccc(F)c(F)c2)nc(SCCC)nc1N(N)[C@H]1CC(O)[C@@H](OCC(F)F)C1. The van der Waals surface area contributed by atoms with E-state index in [0.717, 1.165) is 18.2 Å². The average Bonchev–Trinajstić information content (AvgIpc) is 3.53. The molecule has 2 aliphatic rings. The van der Waals surface area contributed by atoms with E-state index >= 15 is 0 Å². The summed E-state index contributed by atoms with van der Waals surface area (Å²) in [5.74, 6) is 6.05. The van der Waals surface area contributed by atoms with Gasteiger partial charge in [0.05, 0.1) is 18.2 Å². The molecule has 0 aliphatic heterocycles. The van der Waals surface area contributed by atoms with Crippen LogP contribution in [-0.4, -0.2) is 64.9 Å². The van der Waals surface area contributed by atoms with Crippen molar-refractivity contribution < 1.29 is 27.4 Å². The Labute approximate surface area is 216 Å². The predicted octanol–water partition coefficient (Wildman–Crippen LogP) is 4.41. The van der Waals surface area contributed by atoms with E-state index < -0.39 is 42.9 Å². The van der Waals surface area contributed by atoms with Crippen molar-refractivity contribution >= 4 is 35.8 Å². The number of thioether (sulfide) groups is 1. The van der Waals surface area contributed by atoms with Gasteiger partial charge in [-0.3, -0.25) is 10.0 Å². The van der Waals surface area contributed by atoms with Gasteiger partial charge in [-0.1, -0.05) is 24.8 Å². The van der Waals surface area contributed by atoms with Gasteiger partial charge in [-0.05, 0) is 50.1 Å². The fraction of sp³-hybridized carbons (Fsp3) is 0.542. The van der Waals surface area contributed by atoms with E-state index in [2.05, 4.69) is 27.0 Å². The molecule has 2 saturated carbocycles. The molecule has 4 N–H and O–H groups in total. The van der Waals surface area contributed by atoms with E-state index in [1.807, 2.05) is 6.92 Å². The summed E-state index contributed by atoms with van der Waals surface area (Å²) in [5, 5.41) is 15.5. The third-order valence-corrected chi connectivity index (χ3v) is 7.50. The van der Waals surface area contributed by atoms with Crippen LogP contribution in [0.25, 0.3) is 0 Å². The maximum atomic E-state index is 13.7. The monoisotopic (exact) mass is 542 g/mol. The van der Waals surface area contributed by atoms with Crippen LogP contribution in [0.15, 0.2) is 28.3 Å². The first-order valence-corrected chi connectivity index (χ1v) is 13.0. The molecule has 4 rings (SSSR count). The predicted molar refractivity (Wildman–Crippen MR) is 135 cm³/mol. The molecule has 2 aliphatic carbocycles. The van der Waals surface area contributed by atoms with Gasteiger partial charge in [0.1, 0.15) is 12.3 Å². The number of nitrogens with two attached hydrogens (primary N) is 1. The van der Waals surface area contributed by atoms with Gasteiger partial charge in [0, 0.05) is 17.7 Å². The maximum Gasteiger partial charge on any atom is 0.261 e. The highest BCUT2D eigenvalue weighted by Gasteiger charge is 2.41. The van der Waals surface area contributed by atoms with Crippen molar-refractivity contribution in [3.8, 4) is 0 Å². The Kier molecular flexibility index (Phi) is 8.88.